The van der Waals surface area contributed by atoms with Crippen molar-refractivity contribution in [2.75, 3.05) is 7.11 Å². The van der Waals surface area contributed by atoms with E-state index in [1.54, 1.807) is 6.92 Å². The molecule has 6 unspecified atom stereocenters. The quantitative estimate of drug-likeness (QED) is 0.373. The summed E-state index contributed by atoms with van der Waals surface area (Å²) in [4.78, 5) is 36.7. The minimum Gasteiger partial charge on any atom is -0.469 e. The van der Waals surface area contributed by atoms with Crippen molar-refractivity contribution in [3.8, 4) is 0 Å². The Morgan fingerprint density at radius 2 is 2.09 bits per heavy atom. The highest BCUT2D eigenvalue weighted by Crippen LogP contribution is 2.49. The molecule has 0 aromatic heterocycles. The van der Waals surface area contributed by atoms with Gasteiger partial charge in [0.05, 0.1) is 18.9 Å². The maximum Gasteiger partial charge on any atom is 0.324 e. The molecular formula is C16H23IO6. The highest BCUT2D eigenvalue weighted by molar-refractivity contribution is 14.1. The number of esters is 3. The molecule has 0 spiro atoms. The topological polar surface area (TPSA) is 78.9 Å². The number of cyclic esters (lactones) is 1. The Hall–Kier alpha value is -0.860. The van der Waals surface area contributed by atoms with Crippen molar-refractivity contribution in [1.82, 2.24) is 0 Å². The summed E-state index contributed by atoms with van der Waals surface area (Å²) in [6.07, 6.45) is 1.09. The lowest BCUT2D eigenvalue weighted by atomic mass is 9.85. The zero-order valence-electron chi connectivity index (χ0n) is 13.8. The molecule has 0 aromatic rings. The van der Waals surface area contributed by atoms with Gasteiger partial charge >= 0.3 is 17.9 Å². The van der Waals surface area contributed by atoms with Crippen molar-refractivity contribution in [3.05, 3.63) is 0 Å². The van der Waals surface area contributed by atoms with Crippen molar-refractivity contribution < 1.29 is 28.6 Å². The molecule has 0 N–H and O–H groups in total. The van der Waals surface area contributed by atoms with Crippen molar-refractivity contribution in [1.29, 1.82) is 0 Å². The van der Waals surface area contributed by atoms with E-state index < -0.39 is 39.5 Å². The fourth-order valence-corrected chi connectivity index (χ4v) is 4.32. The van der Waals surface area contributed by atoms with Crippen LogP contribution in [0.4, 0.5) is 0 Å². The number of carbonyl (C=O) groups is 3. The monoisotopic (exact) mass is 438 g/mol. The Kier molecular flexibility index (Phi) is 5.58. The van der Waals surface area contributed by atoms with E-state index in [0.717, 1.165) is 6.42 Å². The SMILES string of the molecule is CCCC(C)(I)C(=O)OC1OC(=O)C2C(C)CC1C2C(=O)OC. The molecule has 1 aliphatic heterocycles. The molecule has 6 nitrogen and oxygen atoms in total. The first-order valence-corrected chi connectivity index (χ1v) is 8.99. The maximum atomic E-state index is 12.4. The molecule has 0 amide bonds. The molecule has 130 valence electrons. The van der Waals surface area contributed by atoms with Crippen LogP contribution in [0.25, 0.3) is 0 Å². The van der Waals surface area contributed by atoms with E-state index in [-0.39, 0.29) is 11.8 Å². The van der Waals surface area contributed by atoms with Gasteiger partial charge in [0.2, 0.25) is 0 Å². The summed E-state index contributed by atoms with van der Waals surface area (Å²) >= 11 is 2.06. The fraction of sp³-hybridized carbons (Fsp3) is 0.812. The molecule has 1 aliphatic carbocycles. The molecule has 1 saturated heterocycles. The zero-order chi connectivity index (χ0) is 17.4. The van der Waals surface area contributed by atoms with Crippen LogP contribution in [0, 0.1) is 23.7 Å². The Bertz CT molecular complexity index is 503. The summed E-state index contributed by atoms with van der Waals surface area (Å²) in [5.41, 5.74) is 0. The Labute approximate surface area is 149 Å². The second kappa shape index (κ2) is 6.94. The molecule has 2 fully saturated rings. The van der Waals surface area contributed by atoms with E-state index in [0.29, 0.717) is 12.8 Å². The third-order valence-electron chi connectivity index (χ3n) is 4.80. The van der Waals surface area contributed by atoms with E-state index >= 15 is 0 Å². The van der Waals surface area contributed by atoms with Crippen LogP contribution in [0.15, 0.2) is 0 Å². The van der Waals surface area contributed by atoms with Gasteiger partial charge in [-0.1, -0.05) is 42.9 Å². The van der Waals surface area contributed by atoms with Gasteiger partial charge in [-0.3, -0.25) is 14.4 Å². The highest BCUT2D eigenvalue weighted by Gasteiger charge is 2.59. The van der Waals surface area contributed by atoms with Crippen LogP contribution in [0.2, 0.25) is 0 Å². The van der Waals surface area contributed by atoms with Crippen LogP contribution in [-0.4, -0.2) is 34.7 Å². The largest absolute Gasteiger partial charge is 0.469 e. The molecule has 7 heteroatoms. The number of halogens is 1. The summed E-state index contributed by atoms with van der Waals surface area (Å²) < 4.78 is 15.0. The second-order valence-electron chi connectivity index (χ2n) is 6.61. The summed E-state index contributed by atoms with van der Waals surface area (Å²) in [5.74, 6) is -2.78. The number of ether oxygens (including phenoxy) is 3. The van der Waals surface area contributed by atoms with Gasteiger partial charge in [0, 0.05) is 5.92 Å². The van der Waals surface area contributed by atoms with E-state index in [9.17, 15) is 14.4 Å². The first-order chi connectivity index (χ1) is 10.7. The number of fused-ring (bicyclic) bond motifs is 2. The predicted molar refractivity (Wildman–Crippen MR) is 89.6 cm³/mol. The molecule has 0 aromatic carbocycles. The number of alkyl halides is 1. The molecule has 2 aliphatic rings. The van der Waals surface area contributed by atoms with Gasteiger partial charge in [0.15, 0.2) is 0 Å². The highest BCUT2D eigenvalue weighted by atomic mass is 127. The number of methoxy groups -OCH3 is 1. The van der Waals surface area contributed by atoms with Crippen LogP contribution in [0.3, 0.4) is 0 Å². The van der Waals surface area contributed by atoms with Crippen LogP contribution in [0.1, 0.15) is 40.0 Å². The summed E-state index contributed by atoms with van der Waals surface area (Å²) in [6.45, 7) is 5.69. The number of hydrogen-bond acceptors (Lipinski definition) is 6. The Morgan fingerprint density at radius 1 is 1.43 bits per heavy atom. The number of carbonyl (C=O) groups excluding carboxylic acids is 3. The third kappa shape index (κ3) is 3.49. The van der Waals surface area contributed by atoms with Crippen LogP contribution in [-0.2, 0) is 28.6 Å². The lowest BCUT2D eigenvalue weighted by Crippen LogP contribution is -2.48. The Morgan fingerprint density at radius 3 is 2.65 bits per heavy atom. The summed E-state index contributed by atoms with van der Waals surface area (Å²) in [6, 6.07) is 0. The van der Waals surface area contributed by atoms with Crippen LogP contribution in [0.5, 0.6) is 0 Å². The van der Waals surface area contributed by atoms with Crippen LogP contribution >= 0.6 is 22.6 Å². The molecule has 23 heavy (non-hydrogen) atoms. The molecular weight excluding hydrogens is 415 g/mol. The number of hydrogen-bond donors (Lipinski definition) is 0. The average molecular weight is 438 g/mol. The van der Waals surface area contributed by atoms with E-state index in [4.69, 9.17) is 14.2 Å². The minimum absolute atomic E-state index is 0.00179. The molecule has 6 atom stereocenters. The molecule has 0 radical (unpaired) electrons. The van der Waals surface area contributed by atoms with Gasteiger partial charge in [0.25, 0.3) is 6.29 Å². The van der Waals surface area contributed by atoms with E-state index in [1.165, 1.54) is 7.11 Å². The van der Waals surface area contributed by atoms with Gasteiger partial charge in [-0.25, -0.2) is 0 Å². The molecule has 2 bridgehead atoms. The van der Waals surface area contributed by atoms with Gasteiger partial charge in [0.1, 0.15) is 3.42 Å². The number of rotatable bonds is 5. The maximum absolute atomic E-state index is 12.4. The molecule has 1 saturated carbocycles. The normalized spacial score (nSPS) is 35.2. The second-order valence-corrected chi connectivity index (χ2v) is 8.99. The lowest BCUT2D eigenvalue weighted by molar-refractivity contribution is -0.218. The lowest BCUT2D eigenvalue weighted by Gasteiger charge is -2.34. The summed E-state index contributed by atoms with van der Waals surface area (Å²) in [7, 11) is 1.30. The first-order valence-electron chi connectivity index (χ1n) is 7.91. The standard InChI is InChI=1S/C16H23IO6/c1-5-6-16(3,17)15(20)23-14-9-7-8(2)10(13(19)22-14)11(9)12(18)21-4/h8-11,14H,5-7H2,1-4H3. The van der Waals surface area contributed by atoms with E-state index in [1.807, 2.05) is 13.8 Å². The van der Waals surface area contributed by atoms with Gasteiger partial charge in [-0.05, 0) is 25.7 Å². The molecule has 2 rings (SSSR count). The predicted octanol–water partition coefficient (Wildman–Crippen LogP) is 2.47. The first kappa shape index (κ1) is 18.5. The average Bonchev–Trinajstić information content (AvgIpc) is 2.77. The van der Waals surface area contributed by atoms with Crippen molar-refractivity contribution in [2.24, 2.45) is 23.7 Å². The fourth-order valence-electron chi connectivity index (χ4n) is 3.65. The molecule has 1 heterocycles. The van der Waals surface area contributed by atoms with Crippen LogP contribution < -0.4 is 0 Å². The van der Waals surface area contributed by atoms with E-state index in [2.05, 4.69) is 22.6 Å². The van der Waals surface area contributed by atoms with Crippen molar-refractivity contribution in [3.63, 3.8) is 0 Å². The van der Waals surface area contributed by atoms with Gasteiger partial charge in [-0.15, -0.1) is 0 Å². The van der Waals surface area contributed by atoms with Gasteiger partial charge in [-0.2, -0.15) is 0 Å². The van der Waals surface area contributed by atoms with Crippen molar-refractivity contribution in [2.45, 2.75) is 49.7 Å². The minimum atomic E-state index is -1.01. The van der Waals surface area contributed by atoms with Crippen molar-refractivity contribution >= 4 is 40.5 Å². The summed E-state index contributed by atoms with van der Waals surface area (Å²) in [5, 5.41) is 0. The van der Waals surface area contributed by atoms with Gasteiger partial charge < -0.3 is 14.2 Å². The Balaban J connectivity index is 2.19. The zero-order valence-corrected chi connectivity index (χ0v) is 16.0. The smallest absolute Gasteiger partial charge is 0.324 e. The third-order valence-corrected chi connectivity index (χ3v) is 5.78.